The highest BCUT2D eigenvalue weighted by atomic mass is 16.2. The molecule has 1 amide bonds. The van der Waals surface area contributed by atoms with Crippen LogP contribution in [0.2, 0.25) is 0 Å². The van der Waals surface area contributed by atoms with Crippen LogP contribution in [0.1, 0.15) is 60.4 Å². The second-order valence-electron chi connectivity index (χ2n) is 7.63. The van der Waals surface area contributed by atoms with E-state index in [1.165, 1.54) is 32.1 Å². The SMILES string of the molecule is CN(Cc1ccc(C2C(=O)Nc3ccc(C#N)cc32)nc1)C1CCCCC1. The van der Waals surface area contributed by atoms with Gasteiger partial charge in [-0.05, 0) is 55.3 Å². The molecule has 1 aromatic carbocycles. The lowest BCUT2D eigenvalue weighted by Crippen LogP contribution is -2.32. The molecule has 1 aromatic heterocycles. The van der Waals surface area contributed by atoms with E-state index in [0.717, 1.165) is 29.1 Å². The predicted octanol–water partition coefficient (Wildman–Crippen LogP) is 3.80. The minimum Gasteiger partial charge on any atom is -0.325 e. The summed E-state index contributed by atoms with van der Waals surface area (Å²) in [5, 5.41) is 12.0. The molecule has 0 saturated heterocycles. The third-order valence-corrected chi connectivity index (χ3v) is 5.79. The lowest BCUT2D eigenvalue weighted by atomic mass is 9.94. The van der Waals surface area contributed by atoms with Gasteiger partial charge in [-0.15, -0.1) is 0 Å². The van der Waals surface area contributed by atoms with Crippen LogP contribution in [0.15, 0.2) is 36.5 Å². The Kier molecular flexibility index (Phi) is 4.91. The van der Waals surface area contributed by atoms with Crippen molar-refractivity contribution in [1.29, 1.82) is 5.26 Å². The van der Waals surface area contributed by atoms with Gasteiger partial charge in [0.25, 0.3) is 0 Å². The van der Waals surface area contributed by atoms with E-state index in [9.17, 15) is 4.79 Å². The lowest BCUT2D eigenvalue weighted by Gasteiger charge is -2.31. The minimum atomic E-state index is -0.446. The molecule has 2 aliphatic rings. The molecule has 1 atom stereocenters. The van der Waals surface area contributed by atoms with Crippen LogP contribution in [-0.4, -0.2) is 28.9 Å². The number of amides is 1. The summed E-state index contributed by atoms with van der Waals surface area (Å²) >= 11 is 0. The number of rotatable bonds is 4. The molecule has 27 heavy (non-hydrogen) atoms. The van der Waals surface area contributed by atoms with E-state index in [2.05, 4.69) is 34.4 Å². The summed E-state index contributed by atoms with van der Waals surface area (Å²) in [5.41, 5.74) is 4.05. The van der Waals surface area contributed by atoms with Crippen LogP contribution >= 0.6 is 0 Å². The van der Waals surface area contributed by atoms with Crippen LogP contribution in [0.5, 0.6) is 0 Å². The zero-order valence-corrected chi connectivity index (χ0v) is 15.6. The summed E-state index contributed by atoms with van der Waals surface area (Å²) < 4.78 is 0. The molecular formula is C22H24N4O. The number of hydrogen-bond donors (Lipinski definition) is 1. The number of anilines is 1. The van der Waals surface area contributed by atoms with Crippen LogP contribution in [0, 0.1) is 11.3 Å². The number of carbonyl (C=O) groups is 1. The molecule has 0 radical (unpaired) electrons. The third kappa shape index (κ3) is 3.58. The predicted molar refractivity (Wildman–Crippen MR) is 104 cm³/mol. The molecule has 138 valence electrons. The van der Waals surface area contributed by atoms with Gasteiger partial charge in [-0.1, -0.05) is 25.3 Å². The van der Waals surface area contributed by atoms with Crippen molar-refractivity contribution in [2.24, 2.45) is 0 Å². The Hall–Kier alpha value is -2.71. The molecule has 2 aromatic rings. The number of nitriles is 1. The van der Waals surface area contributed by atoms with E-state index in [-0.39, 0.29) is 5.91 Å². The first-order chi connectivity index (χ1) is 13.2. The number of nitrogens with one attached hydrogen (secondary N) is 1. The molecule has 1 fully saturated rings. The van der Waals surface area contributed by atoms with E-state index in [1.54, 1.807) is 18.2 Å². The second-order valence-corrected chi connectivity index (χ2v) is 7.63. The Morgan fingerprint density at radius 1 is 1.22 bits per heavy atom. The molecule has 0 bridgehead atoms. The molecule has 1 N–H and O–H groups in total. The molecule has 1 saturated carbocycles. The summed E-state index contributed by atoms with van der Waals surface area (Å²) in [6, 6.07) is 12.1. The minimum absolute atomic E-state index is 0.0836. The zero-order chi connectivity index (χ0) is 18.8. The molecule has 2 heterocycles. The van der Waals surface area contributed by atoms with Gasteiger partial charge in [0.05, 0.1) is 17.3 Å². The number of hydrogen-bond acceptors (Lipinski definition) is 4. The monoisotopic (exact) mass is 360 g/mol. The van der Waals surface area contributed by atoms with Gasteiger partial charge < -0.3 is 5.32 Å². The standard InChI is InChI=1S/C22H24N4O/c1-26(17-5-3-2-4-6-17)14-16-8-10-20(24-13-16)21-18-11-15(12-23)7-9-19(18)25-22(21)27/h7-11,13,17,21H,2-6,14H2,1H3,(H,25,27). The van der Waals surface area contributed by atoms with Gasteiger partial charge in [0.2, 0.25) is 5.91 Å². The van der Waals surface area contributed by atoms with Crippen LogP contribution in [0.3, 0.4) is 0 Å². The van der Waals surface area contributed by atoms with Crippen molar-refractivity contribution < 1.29 is 4.79 Å². The van der Waals surface area contributed by atoms with Crippen molar-refractivity contribution in [2.75, 3.05) is 12.4 Å². The number of fused-ring (bicyclic) bond motifs is 1. The summed E-state index contributed by atoms with van der Waals surface area (Å²) in [6.45, 7) is 0.879. The highest BCUT2D eigenvalue weighted by Crippen LogP contribution is 2.37. The topological polar surface area (TPSA) is 69.0 Å². The average molecular weight is 360 g/mol. The molecule has 1 unspecified atom stereocenters. The van der Waals surface area contributed by atoms with Gasteiger partial charge in [0, 0.05) is 24.5 Å². The Labute approximate surface area is 160 Å². The van der Waals surface area contributed by atoms with Gasteiger partial charge in [-0.3, -0.25) is 14.7 Å². The second kappa shape index (κ2) is 7.50. The van der Waals surface area contributed by atoms with Gasteiger partial charge in [0.15, 0.2) is 0 Å². The van der Waals surface area contributed by atoms with E-state index in [1.807, 2.05) is 12.3 Å². The zero-order valence-electron chi connectivity index (χ0n) is 15.6. The summed E-state index contributed by atoms with van der Waals surface area (Å²) in [7, 11) is 2.19. The quantitative estimate of drug-likeness (QED) is 0.900. The third-order valence-electron chi connectivity index (χ3n) is 5.79. The van der Waals surface area contributed by atoms with Gasteiger partial charge in [-0.25, -0.2) is 0 Å². The highest BCUT2D eigenvalue weighted by molar-refractivity contribution is 6.04. The molecule has 1 aliphatic heterocycles. The number of aromatic nitrogens is 1. The van der Waals surface area contributed by atoms with Crippen LogP contribution in [0.25, 0.3) is 0 Å². The molecule has 5 nitrogen and oxygen atoms in total. The Bertz CT molecular complexity index is 878. The van der Waals surface area contributed by atoms with Crippen molar-refractivity contribution in [3.8, 4) is 6.07 Å². The largest absolute Gasteiger partial charge is 0.325 e. The van der Waals surface area contributed by atoms with E-state index in [4.69, 9.17) is 5.26 Å². The average Bonchev–Trinajstić information content (AvgIpc) is 3.04. The molecule has 1 aliphatic carbocycles. The molecular weight excluding hydrogens is 336 g/mol. The maximum absolute atomic E-state index is 12.5. The van der Waals surface area contributed by atoms with E-state index in [0.29, 0.717) is 11.6 Å². The summed E-state index contributed by atoms with van der Waals surface area (Å²) in [4.78, 5) is 19.5. The maximum Gasteiger partial charge on any atom is 0.238 e. The summed E-state index contributed by atoms with van der Waals surface area (Å²) in [6.07, 6.45) is 8.46. The fraction of sp³-hybridized carbons (Fsp3) is 0.409. The van der Waals surface area contributed by atoms with Gasteiger partial charge in [-0.2, -0.15) is 5.26 Å². The van der Waals surface area contributed by atoms with Crippen molar-refractivity contribution in [3.63, 3.8) is 0 Å². The number of nitrogens with zero attached hydrogens (tertiary/aromatic N) is 3. The smallest absolute Gasteiger partial charge is 0.238 e. The van der Waals surface area contributed by atoms with Gasteiger partial charge >= 0.3 is 0 Å². The molecule has 5 heteroatoms. The van der Waals surface area contributed by atoms with E-state index < -0.39 is 5.92 Å². The maximum atomic E-state index is 12.5. The fourth-order valence-electron chi connectivity index (χ4n) is 4.26. The summed E-state index contributed by atoms with van der Waals surface area (Å²) in [5.74, 6) is -0.530. The fourth-order valence-corrected chi connectivity index (χ4v) is 4.26. The Morgan fingerprint density at radius 3 is 2.74 bits per heavy atom. The van der Waals surface area contributed by atoms with E-state index >= 15 is 0 Å². The van der Waals surface area contributed by atoms with Crippen LogP contribution < -0.4 is 5.32 Å². The van der Waals surface area contributed by atoms with Crippen LogP contribution in [-0.2, 0) is 11.3 Å². The highest BCUT2D eigenvalue weighted by Gasteiger charge is 2.33. The van der Waals surface area contributed by atoms with Crippen LogP contribution in [0.4, 0.5) is 5.69 Å². The number of benzene rings is 1. The first kappa shape index (κ1) is 17.7. The normalized spacial score (nSPS) is 19.6. The van der Waals surface area contributed by atoms with Crippen molar-refractivity contribution in [1.82, 2.24) is 9.88 Å². The Morgan fingerprint density at radius 2 is 2.04 bits per heavy atom. The first-order valence-corrected chi connectivity index (χ1v) is 9.65. The van der Waals surface area contributed by atoms with Crippen molar-refractivity contribution >= 4 is 11.6 Å². The molecule has 4 rings (SSSR count). The number of pyridine rings is 1. The lowest BCUT2D eigenvalue weighted by molar-refractivity contribution is -0.116. The number of carbonyl (C=O) groups excluding carboxylic acids is 1. The van der Waals surface area contributed by atoms with Crippen molar-refractivity contribution in [3.05, 3.63) is 58.9 Å². The van der Waals surface area contributed by atoms with Crippen molar-refractivity contribution in [2.45, 2.75) is 50.6 Å². The van der Waals surface area contributed by atoms with Gasteiger partial charge in [0.1, 0.15) is 5.92 Å². The Balaban J connectivity index is 1.51. The molecule has 0 spiro atoms. The first-order valence-electron chi connectivity index (χ1n) is 9.65.